The van der Waals surface area contributed by atoms with Gasteiger partial charge in [0.25, 0.3) is 11.8 Å². The van der Waals surface area contributed by atoms with Gasteiger partial charge in [-0.25, -0.2) is 4.98 Å². The Kier molecular flexibility index (Phi) is 5.12. The summed E-state index contributed by atoms with van der Waals surface area (Å²) in [5.41, 5.74) is 1.98. The molecule has 0 aliphatic carbocycles. The highest BCUT2D eigenvalue weighted by Crippen LogP contribution is 2.09. The highest BCUT2D eigenvalue weighted by atomic mass is 35.5. The third kappa shape index (κ3) is 4.05. The topological polar surface area (TPSA) is 62.3 Å². The summed E-state index contributed by atoms with van der Waals surface area (Å²) >= 11 is 5.75. The first-order valence-corrected chi connectivity index (χ1v) is 7.05. The number of aromatic nitrogens is 1. The van der Waals surface area contributed by atoms with Crippen LogP contribution in [0.3, 0.4) is 0 Å². The number of hydrogen-bond donors (Lipinski definition) is 1. The van der Waals surface area contributed by atoms with Crippen molar-refractivity contribution in [2.45, 2.75) is 6.54 Å². The van der Waals surface area contributed by atoms with E-state index >= 15 is 0 Å². The number of carbonyl (C=O) groups excluding carboxylic acids is 2. The average Bonchev–Trinajstić information content (AvgIpc) is 2.52. The lowest BCUT2D eigenvalue weighted by molar-refractivity contribution is 0.0827. The lowest BCUT2D eigenvalue weighted by Crippen LogP contribution is -2.23. The van der Waals surface area contributed by atoms with E-state index in [-0.39, 0.29) is 17.0 Å². The van der Waals surface area contributed by atoms with Gasteiger partial charge in [0.15, 0.2) is 0 Å². The number of nitrogens with zero attached hydrogens (tertiary/aromatic N) is 2. The largest absolute Gasteiger partial charge is 0.348 e. The molecule has 0 spiro atoms. The summed E-state index contributed by atoms with van der Waals surface area (Å²) in [6, 6.07) is 10.2. The molecule has 0 atom stereocenters. The van der Waals surface area contributed by atoms with E-state index in [1.165, 1.54) is 17.2 Å². The Bertz CT molecular complexity index is 684. The third-order valence-corrected chi connectivity index (χ3v) is 3.26. The maximum Gasteiger partial charge on any atom is 0.253 e. The summed E-state index contributed by atoms with van der Waals surface area (Å²) in [5.74, 6) is -0.278. The van der Waals surface area contributed by atoms with Crippen molar-refractivity contribution >= 4 is 23.4 Å². The molecule has 1 N–H and O–H groups in total. The van der Waals surface area contributed by atoms with Crippen LogP contribution in [0.4, 0.5) is 0 Å². The molecule has 1 aromatic carbocycles. The van der Waals surface area contributed by atoms with Crippen LogP contribution in [0.1, 0.15) is 26.3 Å². The van der Waals surface area contributed by atoms with Crippen LogP contribution in [-0.2, 0) is 6.54 Å². The van der Waals surface area contributed by atoms with Gasteiger partial charge in [-0.15, -0.1) is 0 Å². The van der Waals surface area contributed by atoms with E-state index < -0.39 is 0 Å². The van der Waals surface area contributed by atoms with Gasteiger partial charge in [0.05, 0.1) is 0 Å². The second-order valence-electron chi connectivity index (χ2n) is 4.95. The number of pyridine rings is 1. The molecule has 0 fully saturated rings. The maximum atomic E-state index is 12.0. The average molecular weight is 318 g/mol. The molecular weight excluding hydrogens is 302 g/mol. The lowest BCUT2D eigenvalue weighted by Gasteiger charge is -2.11. The highest BCUT2D eigenvalue weighted by Gasteiger charge is 2.08. The zero-order chi connectivity index (χ0) is 16.1. The Morgan fingerprint density at radius 3 is 2.41 bits per heavy atom. The van der Waals surface area contributed by atoms with E-state index in [0.717, 1.165) is 5.56 Å². The highest BCUT2D eigenvalue weighted by molar-refractivity contribution is 6.29. The van der Waals surface area contributed by atoms with Gasteiger partial charge < -0.3 is 10.2 Å². The van der Waals surface area contributed by atoms with Gasteiger partial charge in [-0.05, 0) is 29.8 Å². The van der Waals surface area contributed by atoms with Crippen LogP contribution in [0.2, 0.25) is 5.15 Å². The molecule has 0 saturated heterocycles. The fourth-order valence-corrected chi connectivity index (χ4v) is 2.03. The first-order chi connectivity index (χ1) is 10.5. The van der Waals surface area contributed by atoms with Crippen LogP contribution < -0.4 is 5.32 Å². The Morgan fingerprint density at radius 1 is 1.14 bits per heavy atom. The van der Waals surface area contributed by atoms with Crippen molar-refractivity contribution in [1.29, 1.82) is 0 Å². The Morgan fingerprint density at radius 2 is 1.82 bits per heavy atom. The maximum absolute atomic E-state index is 12.0. The summed E-state index contributed by atoms with van der Waals surface area (Å²) in [6.07, 6.45) is 1.49. The summed E-state index contributed by atoms with van der Waals surface area (Å²) in [7, 11) is 3.41. The molecule has 114 valence electrons. The molecule has 0 bridgehead atoms. The number of amides is 2. The van der Waals surface area contributed by atoms with Gasteiger partial charge in [0.2, 0.25) is 0 Å². The van der Waals surface area contributed by atoms with Crippen molar-refractivity contribution < 1.29 is 9.59 Å². The molecule has 2 aromatic rings. The van der Waals surface area contributed by atoms with Crippen LogP contribution >= 0.6 is 11.6 Å². The van der Waals surface area contributed by atoms with Gasteiger partial charge in [0.1, 0.15) is 5.15 Å². The van der Waals surface area contributed by atoms with Gasteiger partial charge in [-0.2, -0.15) is 0 Å². The van der Waals surface area contributed by atoms with E-state index in [1.54, 1.807) is 32.3 Å². The zero-order valence-corrected chi connectivity index (χ0v) is 13.1. The Hall–Kier alpha value is -2.40. The number of carbonyl (C=O) groups is 2. The smallest absolute Gasteiger partial charge is 0.253 e. The van der Waals surface area contributed by atoms with Crippen LogP contribution in [0.5, 0.6) is 0 Å². The number of halogens is 1. The van der Waals surface area contributed by atoms with Crippen LogP contribution in [-0.4, -0.2) is 35.8 Å². The molecule has 0 aliphatic heterocycles. The monoisotopic (exact) mass is 317 g/mol. The zero-order valence-electron chi connectivity index (χ0n) is 12.3. The quantitative estimate of drug-likeness (QED) is 0.881. The van der Waals surface area contributed by atoms with Crippen molar-refractivity contribution in [1.82, 2.24) is 15.2 Å². The van der Waals surface area contributed by atoms with Gasteiger partial charge in [-0.1, -0.05) is 23.7 Å². The predicted molar refractivity (Wildman–Crippen MR) is 84.9 cm³/mol. The van der Waals surface area contributed by atoms with Crippen molar-refractivity contribution in [3.8, 4) is 0 Å². The van der Waals surface area contributed by atoms with E-state index in [0.29, 0.717) is 17.7 Å². The molecule has 5 nitrogen and oxygen atoms in total. The van der Waals surface area contributed by atoms with E-state index in [4.69, 9.17) is 11.6 Å². The van der Waals surface area contributed by atoms with Crippen LogP contribution in [0.25, 0.3) is 0 Å². The number of benzene rings is 1. The molecular formula is C16H16ClN3O2. The van der Waals surface area contributed by atoms with Gasteiger partial charge in [-0.3, -0.25) is 9.59 Å². The molecule has 0 radical (unpaired) electrons. The minimum absolute atomic E-state index is 0.0537. The fourth-order valence-electron chi connectivity index (χ4n) is 1.85. The van der Waals surface area contributed by atoms with Crippen molar-refractivity contribution in [2.75, 3.05) is 14.1 Å². The number of nitrogens with one attached hydrogen (secondary N) is 1. The number of hydrogen-bond acceptors (Lipinski definition) is 3. The van der Waals surface area contributed by atoms with E-state index in [1.807, 2.05) is 12.1 Å². The first-order valence-electron chi connectivity index (χ1n) is 6.67. The molecule has 2 amide bonds. The van der Waals surface area contributed by atoms with Gasteiger partial charge in [0, 0.05) is 38.0 Å². The van der Waals surface area contributed by atoms with Crippen LogP contribution in [0.15, 0.2) is 42.6 Å². The predicted octanol–water partition coefficient (Wildman–Crippen LogP) is 2.37. The van der Waals surface area contributed by atoms with Crippen molar-refractivity contribution in [2.24, 2.45) is 0 Å². The molecule has 0 aliphatic rings. The first kappa shape index (κ1) is 16.0. The van der Waals surface area contributed by atoms with Gasteiger partial charge >= 0.3 is 0 Å². The van der Waals surface area contributed by atoms with E-state index in [2.05, 4.69) is 10.3 Å². The Balaban J connectivity index is 1.97. The third-order valence-electron chi connectivity index (χ3n) is 3.05. The summed E-state index contributed by atoms with van der Waals surface area (Å²) < 4.78 is 0. The van der Waals surface area contributed by atoms with Crippen LogP contribution in [0, 0.1) is 0 Å². The Labute approximate surface area is 133 Å². The molecule has 0 saturated carbocycles. The minimum Gasteiger partial charge on any atom is -0.348 e. The molecule has 1 aromatic heterocycles. The molecule has 1 heterocycles. The molecule has 6 heteroatoms. The summed E-state index contributed by atoms with van der Waals surface area (Å²) in [4.78, 5) is 29.1. The normalized spacial score (nSPS) is 10.1. The molecule has 2 rings (SSSR count). The second kappa shape index (κ2) is 7.04. The second-order valence-corrected chi connectivity index (χ2v) is 5.33. The van der Waals surface area contributed by atoms with E-state index in [9.17, 15) is 9.59 Å². The summed E-state index contributed by atoms with van der Waals surface area (Å²) in [6.45, 7) is 0.370. The molecule has 22 heavy (non-hydrogen) atoms. The minimum atomic E-state index is -0.224. The van der Waals surface area contributed by atoms with Crippen molar-refractivity contribution in [3.63, 3.8) is 0 Å². The lowest BCUT2D eigenvalue weighted by atomic mass is 10.1. The molecule has 0 unspecified atom stereocenters. The van der Waals surface area contributed by atoms with Crippen molar-refractivity contribution in [3.05, 3.63) is 64.4 Å². The summed E-state index contributed by atoms with van der Waals surface area (Å²) in [5, 5.41) is 3.07. The number of rotatable bonds is 4. The SMILES string of the molecule is CN(C)C(=O)c1ccc(CNC(=O)c2ccnc(Cl)c2)cc1. The fraction of sp³-hybridized carbons (Fsp3) is 0.188. The standard InChI is InChI=1S/C16H16ClN3O2/c1-20(2)16(22)12-5-3-11(4-6-12)10-19-15(21)13-7-8-18-14(17)9-13/h3-9H,10H2,1-2H3,(H,19,21).